The van der Waals surface area contributed by atoms with Crippen molar-refractivity contribution < 1.29 is 67.4 Å². The molecule has 1 aromatic carbocycles. The van der Waals surface area contributed by atoms with Gasteiger partial charge < -0.3 is 38.6 Å². The number of carbonyl (C=O) groups is 6. The first-order valence-electron chi connectivity index (χ1n) is 18.9. The van der Waals surface area contributed by atoms with E-state index in [0.717, 1.165) is 20.8 Å². The summed E-state index contributed by atoms with van der Waals surface area (Å²) in [5.74, 6) is -8.66. The van der Waals surface area contributed by atoms with E-state index in [4.69, 9.17) is 28.4 Å². The van der Waals surface area contributed by atoms with Crippen LogP contribution in [0.5, 0.6) is 0 Å². The molecule has 0 saturated heterocycles. The van der Waals surface area contributed by atoms with Gasteiger partial charge in [-0.05, 0) is 31.2 Å². The molecule has 0 bridgehead atoms. The van der Waals surface area contributed by atoms with E-state index in [-0.39, 0.29) is 16.7 Å². The predicted octanol–water partition coefficient (Wildman–Crippen LogP) is 4.49. The van der Waals surface area contributed by atoms with Gasteiger partial charge in [0.05, 0.1) is 23.0 Å². The van der Waals surface area contributed by atoms with Crippen LogP contribution in [0.1, 0.15) is 89.5 Å². The van der Waals surface area contributed by atoms with Crippen LogP contribution in [0.2, 0.25) is 0 Å². The number of nitrogens with zero attached hydrogens (tertiary/aromatic N) is 1. The molecule has 15 heteroatoms. The Morgan fingerprint density at radius 3 is 1.91 bits per heavy atom. The molecule has 0 unspecified atom stereocenters. The van der Waals surface area contributed by atoms with Gasteiger partial charge in [-0.15, -0.1) is 0 Å². The number of rotatable bonds is 9. The summed E-state index contributed by atoms with van der Waals surface area (Å²) in [6, 6.07) is 10.8. The van der Waals surface area contributed by atoms with Crippen LogP contribution in [0.15, 0.2) is 79.2 Å². The Morgan fingerprint density at radius 1 is 0.776 bits per heavy atom. The van der Waals surface area contributed by atoms with Crippen molar-refractivity contribution in [1.82, 2.24) is 4.98 Å². The van der Waals surface area contributed by atoms with Crippen LogP contribution < -0.4 is 0 Å². The lowest BCUT2D eigenvalue weighted by molar-refractivity contribution is -0.193. The van der Waals surface area contributed by atoms with Crippen molar-refractivity contribution in [3.8, 4) is 0 Å². The molecule has 0 spiro atoms. The topological polar surface area (TPSA) is 211 Å². The second-order valence-electron chi connectivity index (χ2n) is 16.0. The van der Waals surface area contributed by atoms with Crippen LogP contribution >= 0.6 is 0 Å². The van der Waals surface area contributed by atoms with E-state index in [1.54, 1.807) is 51.1 Å². The van der Waals surface area contributed by atoms with Gasteiger partial charge in [-0.3, -0.25) is 24.2 Å². The summed E-state index contributed by atoms with van der Waals surface area (Å²) in [6.07, 6.45) is -5.08. The summed E-state index contributed by atoms with van der Waals surface area (Å²) in [7, 11) is 0. The summed E-state index contributed by atoms with van der Waals surface area (Å²) in [5.41, 5.74) is -5.84. The van der Waals surface area contributed by atoms with E-state index in [9.17, 15) is 39.0 Å². The number of fused-ring (bicyclic) bond motifs is 1. The Hall–Kier alpha value is -5.41. The molecule has 1 fully saturated rings. The highest BCUT2D eigenvalue weighted by Crippen LogP contribution is 2.54. The summed E-state index contributed by atoms with van der Waals surface area (Å²) < 4.78 is 35.8. The number of carbonyl (C=O) groups excluding carboxylic acids is 6. The van der Waals surface area contributed by atoms with Crippen molar-refractivity contribution >= 4 is 35.8 Å². The summed E-state index contributed by atoms with van der Waals surface area (Å²) in [4.78, 5) is 83.8. The molecular weight excluding hydrogens is 754 g/mol. The van der Waals surface area contributed by atoms with E-state index in [1.165, 1.54) is 57.4 Å². The third-order valence-corrected chi connectivity index (χ3v) is 10.4. The second kappa shape index (κ2) is 18.0. The monoisotopic (exact) mass is 807 g/mol. The number of aliphatic hydroxyl groups is 2. The first kappa shape index (κ1) is 45.3. The maximum atomic E-state index is 13.9. The number of hydrogen-bond donors (Lipinski definition) is 2. The maximum Gasteiger partial charge on any atom is 0.340 e. The standard InChI is InChI=1S/C43H53NO14/c1-23(2)38(49)55-34-25(4)33(53-26(5)45)31-36(56-39(50)29-15-12-11-13-16-29)42(10,58-28(7)47)22-43(31,52)35(54-27(6)46)24(3)18-19-41(8,9)37(32(34)48)57-40(51)30-17-14-20-44-21-30/h11-21,23-24,31-37,48,52H,4,22H2,1-3,5-10H3/t24-,31-,32+,33-,34+,35-,36+,37+,42+,43+/m0/s1. The molecule has 0 amide bonds. The van der Waals surface area contributed by atoms with E-state index in [2.05, 4.69) is 11.6 Å². The quantitative estimate of drug-likeness (QED) is 0.203. The third-order valence-electron chi connectivity index (χ3n) is 10.4. The molecule has 0 aliphatic heterocycles. The molecule has 58 heavy (non-hydrogen) atoms. The molecule has 2 aliphatic rings. The maximum absolute atomic E-state index is 13.9. The molecule has 2 aliphatic carbocycles. The number of ether oxygens (including phenoxy) is 6. The fraction of sp³-hybridized carbons (Fsp3) is 0.512. The highest BCUT2D eigenvalue weighted by atomic mass is 16.6. The predicted molar refractivity (Wildman–Crippen MR) is 205 cm³/mol. The van der Waals surface area contributed by atoms with E-state index in [0.29, 0.717) is 0 Å². The minimum atomic E-state index is -2.39. The lowest BCUT2D eigenvalue weighted by atomic mass is 9.71. The number of aromatic nitrogens is 1. The van der Waals surface area contributed by atoms with Gasteiger partial charge in [-0.1, -0.05) is 71.5 Å². The van der Waals surface area contributed by atoms with Crippen molar-refractivity contribution in [2.45, 2.75) is 117 Å². The van der Waals surface area contributed by atoms with Gasteiger partial charge in [-0.25, -0.2) is 9.59 Å². The zero-order chi connectivity index (χ0) is 43.3. The van der Waals surface area contributed by atoms with Crippen LogP contribution in [0.4, 0.5) is 0 Å². The molecule has 1 aromatic heterocycles. The summed E-state index contributed by atoms with van der Waals surface area (Å²) in [6.45, 7) is 16.8. The van der Waals surface area contributed by atoms with E-state index < -0.39 is 113 Å². The van der Waals surface area contributed by atoms with Crippen LogP contribution in [-0.2, 0) is 47.6 Å². The first-order chi connectivity index (χ1) is 27.0. The van der Waals surface area contributed by atoms with Crippen molar-refractivity contribution in [3.63, 3.8) is 0 Å². The van der Waals surface area contributed by atoms with Crippen LogP contribution in [0.25, 0.3) is 0 Å². The Labute approximate surface area is 337 Å². The molecule has 2 N–H and O–H groups in total. The molecule has 10 atom stereocenters. The molecule has 1 heterocycles. The molecule has 2 aromatic rings. The molecular formula is C43H53NO14. The second-order valence-corrected chi connectivity index (χ2v) is 16.0. The fourth-order valence-corrected chi connectivity index (χ4v) is 7.78. The molecule has 314 valence electrons. The van der Waals surface area contributed by atoms with Gasteiger partial charge in [0.1, 0.15) is 35.6 Å². The number of aliphatic hydroxyl groups excluding tert-OH is 1. The fourth-order valence-electron chi connectivity index (χ4n) is 7.78. The van der Waals surface area contributed by atoms with Crippen LogP contribution in [-0.4, -0.2) is 98.8 Å². The summed E-state index contributed by atoms with van der Waals surface area (Å²) in [5, 5.41) is 25.7. The van der Waals surface area contributed by atoms with Crippen molar-refractivity contribution in [2.24, 2.45) is 23.2 Å². The van der Waals surface area contributed by atoms with Gasteiger partial charge in [-0.2, -0.15) is 0 Å². The third kappa shape index (κ3) is 9.99. The average Bonchev–Trinajstić information content (AvgIpc) is 3.36. The van der Waals surface area contributed by atoms with Gasteiger partial charge >= 0.3 is 35.8 Å². The molecule has 15 nitrogen and oxygen atoms in total. The first-order valence-corrected chi connectivity index (χ1v) is 18.9. The molecule has 1 saturated carbocycles. The number of hydrogen-bond acceptors (Lipinski definition) is 15. The molecule has 4 rings (SSSR count). The SMILES string of the molecule is C=C1[C@@H](OC(=O)C(C)C)[C@@H](O)[C@@H](OC(=O)c2cccnc2)C(C)(C)C=C[C@H](C)[C@H](OC(C)=O)[C@@]2(O)C[C@@](C)(OC(C)=O)[C@H](OC(=O)c3ccccc3)[C@@H]2[C@H]1OC(C)=O. The van der Waals surface area contributed by atoms with Crippen molar-refractivity contribution in [3.05, 3.63) is 90.3 Å². The minimum Gasteiger partial charge on any atom is -0.459 e. The highest BCUT2D eigenvalue weighted by molar-refractivity contribution is 5.90. The normalized spacial score (nSPS) is 30.7. The van der Waals surface area contributed by atoms with E-state index in [1.807, 2.05) is 0 Å². The van der Waals surface area contributed by atoms with E-state index >= 15 is 0 Å². The number of benzene rings is 1. The Morgan fingerprint density at radius 2 is 1.36 bits per heavy atom. The van der Waals surface area contributed by atoms with Crippen LogP contribution in [0.3, 0.4) is 0 Å². The van der Waals surface area contributed by atoms with Gasteiger partial charge in [0.25, 0.3) is 0 Å². The zero-order valence-electron chi connectivity index (χ0n) is 34.2. The van der Waals surface area contributed by atoms with Crippen LogP contribution in [0, 0.1) is 23.2 Å². The largest absolute Gasteiger partial charge is 0.459 e. The smallest absolute Gasteiger partial charge is 0.340 e. The summed E-state index contributed by atoms with van der Waals surface area (Å²) >= 11 is 0. The minimum absolute atomic E-state index is 0.0417. The van der Waals surface area contributed by atoms with Crippen molar-refractivity contribution in [2.75, 3.05) is 0 Å². The Balaban J connectivity index is 2.08. The highest BCUT2D eigenvalue weighted by Gasteiger charge is 2.70. The lowest BCUT2D eigenvalue weighted by Gasteiger charge is -2.45. The van der Waals surface area contributed by atoms with Gasteiger partial charge in [0, 0.05) is 56.5 Å². The zero-order valence-corrected chi connectivity index (χ0v) is 34.2. The Kier molecular flexibility index (Phi) is 14.1. The lowest BCUT2D eigenvalue weighted by Crippen LogP contribution is -2.59. The van der Waals surface area contributed by atoms with Gasteiger partial charge in [0.2, 0.25) is 0 Å². The van der Waals surface area contributed by atoms with Crippen molar-refractivity contribution in [1.29, 1.82) is 0 Å². The average molecular weight is 808 g/mol. The van der Waals surface area contributed by atoms with Gasteiger partial charge in [0.15, 0.2) is 12.2 Å². The Bertz CT molecular complexity index is 1890. The molecule has 0 radical (unpaired) electrons. The number of esters is 6. The number of pyridine rings is 1.